The fraction of sp³-hybridized carbons (Fsp3) is 0.353. The molecule has 3 N–H and O–H groups in total. The van der Waals surface area contributed by atoms with Crippen LogP contribution in [0.4, 0.5) is 23.0 Å². The van der Waals surface area contributed by atoms with Crippen LogP contribution in [0.2, 0.25) is 0 Å². The lowest BCUT2D eigenvalue weighted by Crippen LogP contribution is -2.37. The van der Waals surface area contributed by atoms with E-state index in [2.05, 4.69) is 42.8 Å². The normalized spacial score (nSPS) is 15.0. The Balaban J connectivity index is 1.73. The smallest absolute Gasteiger partial charge is 0.308 e. The number of esters is 1. The van der Waals surface area contributed by atoms with Crippen LogP contribution >= 0.6 is 22.6 Å². The van der Waals surface area contributed by atoms with Gasteiger partial charge in [-0.05, 0) is 59.7 Å². The molecule has 1 aromatic heterocycles. The van der Waals surface area contributed by atoms with E-state index in [4.69, 9.17) is 10.5 Å². The first-order valence-electron chi connectivity index (χ1n) is 8.04. The largest absolute Gasteiger partial charge is 0.469 e. The number of hydrogen-bond donors (Lipinski definition) is 2. The highest BCUT2D eigenvalue weighted by Crippen LogP contribution is 2.31. The van der Waals surface area contributed by atoms with E-state index in [0.717, 1.165) is 22.1 Å². The molecule has 3 rings (SSSR count). The van der Waals surface area contributed by atoms with Gasteiger partial charge in [-0.25, -0.2) is 9.97 Å². The Hall–Kier alpha value is -2.10. The predicted octanol–water partition coefficient (Wildman–Crippen LogP) is 2.80. The molecular weight excluding hydrogens is 433 g/mol. The lowest BCUT2D eigenvalue weighted by Gasteiger charge is -2.32. The molecule has 0 saturated carbocycles. The zero-order chi connectivity index (χ0) is 17.8. The zero-order valence-corrected chi connectivity index (χ0v) is 16.1. The minimum absolute atomic E-state index is 0.0475. The molecule has 1 aliphatic rings. The molecule has 0 aliphatic carbocycles. The maximum absolute atomic E-state index is 11.7. The molecule has 8 heteroatoms. The van der Waals surface area contributed by atoms with E-state index in [-0.39, 0.29) is 11.9 Å². The number of piperidine rings is 1. The number of anilines is 4. The van der Waals surface area contributed by atoms with Gasteiger partial charge in [0.05, 0.1) is 13.0 Å². The molecule has 0 amide bonds. The molecule has 132 valence electrons. The highest BCUT2D eigenvalue weighted by Gasteiger charge is 2.27. The van der Waals surface area contributed by atoms with Crippen LogP contribution < -0.4 is 16.0 Å². The molecule has 25 heavy (non-hydrogen) atoms. The average molecular weight is 453 g/mol. The van der Waals surface area contributed by atoms with Crippen molar-refractivity contribution >= 4 is 51.6 Å². The van der Waals surface area contributed by atoms with E-state index >= 15 is 0 Å². The highest BCUT2D eigenvalue weighted by molar-refractivity contribution is 14.1. The molecule has 0 bridgehead atoms. The molecule has 2 heterocycles. The fourth-order valence-corrected chi connectivity index (χ4v) is 3.26. The topological polar surface area (TPSA) is 93.4 Å². The first-order chi connectivity index (χ1) is 12.1. The van der Waals surface area contributed by atoms with Gasteiger partial charge in [-0.1, -0.05) is 0 Å². The Morgan fingerprint density at radius 1 is 1.28 bits per heavy atom. The number of halogens is 1. The number of hydrogen-bond acceptors (Lipinski definition) is 7. The monoisotopic (exact) mass is 453 g/mol. The Kier molecular flexibility index (Phi) is 5.57. The molecule has 2 aromatic rings. The van der Waals surface area contributed by atoms with Gasteiger partial charge in [0.1, 0.15) is 12.0 Å². The Morgan fingerprint density at radius 2 is 1.96 bits per heavy atom. The first kappa shape index (κ1) is 17.7. The van der Waals surface area contributed by atoms with Crippen LogP contribution in [0, 0.1) is 9.49 Å². The van der Waals surface area contributed by atoms with Gasteiger partial charge >= 0.3 is 5.97 Å². The fourth-order valence-electron chi connectivity index (χ4n) is 2.90. The van der Waals surface area contributed by atoms with Crippen molar-refractivity contribution in [1.29, 1.82) is 0 Å². The van der Waals surface area contributed by atoms with Gasteiger partial charge < -0.3 is 20.7 Å². The van der Waals surface area contributed by atoms with Crippen LogP contribution in [0.15, 0.2) is 30.6 Å². The quantitative estimate of drug-likeness (QED) is 0.543. The molecule has 1 fully saturated rings. The highest BCUT2D eigenvalue weighted by atomic mass is 127. The number of nitrogens with zero attached hydrogens (tertiary/aromatic N) is 3. The number of methoxy groups -OCH3 is 1. The third-order valence-corrected chi connectivity index (χ3v) is 5.02. The van der Waals surface area contributed by atoms with Crippen molar-refractivity contribution < 1.29 is 9.53 Å². The summed E-state index contributed by atoms with van der Waals surface area (Å²) in [6, 6.07) is 7.98. The van der Waals surface area contributed by atoms with Gasteiger partial charge in [0.25, 0.3) is 0 Å². The molecule has 1 aromatic carbocycles. The van der Waals surface area contributed by atoms with Gasteiger partial charge in [-0.15, -0.1) is 0 Å². The SMILES string of the molecule is COC(=O)C1CCN(c2ncnc(Nc3ccc(I)cc3)c2N)CC1. The minimum Gasteiger partial charge on any atom is -0.469 e. The summed E-state index contributed by atoms with van der Waals surface area (Å²) >= 11 is 2.26. The molecule has 7 nitrogen and oxygen atoms in total. The maximum atomic E-state index is 11.7. The maximum Gasteiger partial charge on any atom is 0.308 e. The van der Waals surface area contributed by atoms with E-state index in [1.165, 1.54) is 13.4 Å². The lowest BCUT2D eigenvalue weighted by molar-refractivity contribution is -0.146. The van der Waals surface area contributed by atoms with Gasteiger partial charge in [0, 0.05) is 22.3 Å². The zero-order valence-electron chi connectivity index (χ0n) is 13.9. The second kappa shape index (κ2) is 7.85. The number of nitrogens with one attached hydrogen (secondary N) is 1. The summed E-state index contributed by atoms with van der Waals surface area (Å²) in [5.41, 5.74) is 7.72. The number of carbonyl (C=O) groups is 1. The third kappa shape index (κ3) is 4.12. The van der Waals surface area contributed by atoms with Gasteiger partial charge in [-0.2, -0.15) is 0 Å². The van der Waals surface area contributed by atoms with E-state index in [0.29, 0.717) is 30.4 Å². The Morgan fingerprint density at radius 3 is 2.60 bits per heavy atom. The summed E-state index contributed by atoms with van der Waals surface area (Å²) < 4.78 is 5.99. The number of ether oxygens (including phenoxy) is 1. The first-order valence-corrected chi connectivity index (χ1v) is 9.12. The predicted molar refractivity (Wildman–Crippen MR) is 106 cm³/mol. The van der Waals surface area contributed by atoms with E-state index in [9.17, 15) is 4.79 Å². The van der Waals surface area contributed by atoms with Gasteiger partial charge in [-0.3, -0.25) is 4.79 Å². The standard InChI is InChI=1S/C17H20IN5O2/c1-25-17(24)11-6-8-23(9-7-11)16-14(19)15(20-10-21-16)22-13-4-2-12(18)3-5-13/h2-5,10-11H,6-9,19H2,1H3,(H,20,21,22). The number of rotatable bonds is 4. The van der Waals surface area contributed by atoms with E-state index in [1.807, 2.05) is 24.3 Å². The molecule has 1 aliphatic heterocycles. The van der Waals surface area contributed by atoms with Crippen molar-refractivity contribution in [2.24, 2.45) is 5.92 Å². The molecular formula is C17H20IN5O2. The van der Waals surface area contributed by atoms with Crippen molar-refractivity contribution in [3.8, 4) is 0 Å². The number of nitrogens with two attached hydrogens (primary N) is 1. The van der Waals surface area contributed by atoms with Crippen LogP contribution in [0.25, 0.3) is 0 Å². The van der Waals surface area contributed by atoms with Gasteiger partial charge in [0.15, 0.2) is 11.6 Å². The summed E-state index contributed by atoms with van der Waals surface area (Å²) in [5.74, 6) is 1.10. The van der Waals surface area contributed by atoms with Crippen molar-refractivity contribution in [2.45, 2.75) is 12.8 Å². The molecule has 0 unspecified atom stereocenters. The number of carbonyl (C=O) groups excluding carboxylic acids is 1. The van der Waals surface area contributed by atoms with Crippen molar-refractivity contribution in [2.75, 3.05) is 36.1 Å². The number of nitrogen functional groups attached to an aromatic ring is 1. The van der Waals surface area contributed by atoms with Crippen molar-refractivity contribution in [1.82, 2.24) is 9.97 Å². The Bertz CT molecular complexity index is 745. The van der Waals surface area contributed by atoms with Crippen LogP contribution in [0.1, 0.15) is 12.8 Å². The molecule has 0 spiro atoms. The summed E-state index contributed by atoms with van der Waals surface area (Å²) in [4.78, 5) is 22.3. The van der Waals surface area contributed by atoms with Crippen LogP contribution in [0.5, 0.6) is 0 Å². The summed E-state index contributed by atoms with van der Waals surface area (Å²) in [6.07, 6.45) is 2.97. The third-order valence-electron chi connectivity index (χ3n) is 4.30. The molecule has 0 atom stereocenters. The molecule has 0 radical (unpaired) electrons. The summed E-state index contributed by atoms with van der Waals surface area (Å²) in [7, 11) is 1.43. The Labute approximate surface area is 160 Å². The second-order valence-electron chi connectivity index (χ2n) is 5.88. The van der Waals surface area contributed by atoms with Crippen LogP contribution in [-0.4, -0.2) is 36.1 Å². The van der Waals surface area contributed by atoms with E-state index in [1.54, 1.807) is 0 Å². The van der Waals surface area contributed by atoms with Crippen molar-refractivity contribution in [3.63, 3.8) is 0 Å². The lowest BCUT2D eigenvalue weighted by atomic mass is 9.97. The van der Waals surface area contributed by atoms with Crippen molar-refractivity contribution in [3.05, 3.63) is 34.2 Å². The number of aromatic nitrogens is 2. The summed E-state index contributed by atoms with van der Waals surface area (Å²) in [5, 5.41) is 3.23. The average Bonchev–Trinajstić information content (AvgIpc) is 2.65. The minimum atomic E-state index is -0.142. The van der Waals surface area contributed by atoms with Crippen LogP contribution in [0.3, 0.4) is 0 Å². The number of benzene rings is 1. The molecule has 1 saturated heterocycles. The van der Waals surface area contributed by atoms with Crippen LogP contribution in [-0.2, 0) is 9.53 Å². The van der Waals surface area contributed by atoms with Gasteiger partial charge in [0.2, 0.25) is 0 Å². The van der Waals surface area contributed by atoms with E-state index < -0.39 is 0 Å². The summed E-state index contributed by atoms with van der Waals surface area (Å²) in [6.45, 7) is 1.42. The second-order valence-corrected chi connectivity index (χ2v) is 7.12.